The van der Waals surface area contributed by atoms with E-state index in [4.69, 9.17) is 0 Å². The Morgan fingerprint density at radius 3 is 2.29 bits per heavy atom. The number of aryl methyl sites for hydroxylation is 1. The van der Waals surface area contributed by atoms with Crippen LogP contribution in [0.2, 0.25) is 0 Å². The molecule has 0 saturated carbocycles. The molecule has 2 aromatic rings. The summed E-state index contributed by atoms with van der Waals surface area (Å²) in [6.45, 7) is 7.14. The summed E-state index contributed by atoms with van der Waals surface area (Å²) in [7, 11) is 0. The summed E-state index contributed by atoms with van der Waals surface area (Å²) in [5.41, 5.74) is 0.314. The third-order valence-corrected chi connectivity index (χ3v) is 4.38. The van der Waals surface area contributed by atoms with Crippen LogP contribution in [0, 0.1) is 0 Å². The van der Waals surface area contributed by atoms with Crippen LogP contribution in [0.1, 0.15) is 18.1 Å². The van der Waals surface area contributed by atoms with Gasteiger partial charge < -0.3 is 9.47 Å². The molecule has 3 rings (SSSR count). The number of alkyl halides is 3. The zero-order valence-corrected chi connectivity index (χ0v) is 13.6. The molecule has 7 heteroatoms. The van der Waals surface area contributed by atoms with E-state index in [9.17, 15) is 13.2 Å². The maximum atomic E-state index is 12.6. The molecule has 1 aliphatic heterocycles. The normalized spacial score (nSPS) is 16.6. The topological polar surface area (TPSA) is 24.3 Å². The quantitative estimate of drug-likeness (QED) is 0.855. The van der Waals surface area contributed by atoms with Crippen molar-refractivity contribution in [2.24, 2.45) is 0 Å². The largest absolute Gasteiger partial charge is 0.416 e. The van der Waals surface area contributed by atoms with Gasteiger partial charge in [-0.25, -0.2) is 4.98 Å². The van der Waals surface area contributed by atoms with Crippen molar-refractivity contribution < 1.29 is 13.2 Å². The molecule has 4 nitrogen and oxygen atoms in total. The fourth-order valence-corrected chi connectivity index (χ4v) is 2.99. The number of piperazine rings is 1. The summed E-state index contributed by atoms with van der Waals surface area (Å²) >= 11 is 0. The number of hydrogen-bond donors (Lipinski definition) is 0. The van der Waals surface area contributed by atoms with Gasteiger partial charge in [0.05, 0.1) is 5.56 Å². The van der Waals surface area contributed by atoms with Crippen LogP contribution in [0.15, 0.2) is 36.7 Å². The molecule has 0 spiro atoms. The lowest BCUT2D eigenvalue weighted by Gasteiger charge is -2.35. The Labute approximate surface area is 139 Å². The van der Waals surface area contributed by atoms with Crippen molar-refractivity contribution in [1.29, 1.82) is 0 Å². The lowest BCUT2D eigenvalue weighted by molar-refractivity contribution is -0.137. The van der Waals surface area contributed by atoms with Crippen LogP contribution < -0.4 is 4.90 Å². The van der Waals surface area contributed by atoms with Gasteiger partial charge in [0, 0.05) is 51.7 Å². The van der Waals surface area contributed by atoms with Gasteiger partial charge in [-0.15, -0.1) is 0 Å². The highest BCUT2D eigenvalue weighted by atomic mass is 19.4. The number of nitrogens with zero attached hydrogens (tertiary/aromatic N) is 4. The monoisotopic (exact) mass is 338 g/mol. The van der Waals surface area contributed by atoms with Crippen LogP contribution in [0.4, 0.5) is 19.1 Å². The van der Waals surface area contributed by atoms with E-state index in [0.717, 1.165) is 56.4 Å². The first-order chi connectivity index (χ1) is 11.5. The molecule has 2 heterocycles. The second-order valence-corrected chi connectivity index (χ2v) is 5.97. The zero-order valence-electron chi connectivity index (χ0n) is 13.6. The molecule has 0 amide bonds. The van der Waals surface area contributed by atoms with E-state index in [2.05, 4.69) is 26.3 Å². The Bertz CT molecular complexity index is 655. The van der Waals surface area contributed by atoms with Gasteiger partial charge in [-0.3, -0.25) is 4.90 Å². The predicted molar refractivity (Wildman–Crippen MR) is 86.8 cm³/mol. The minimum absolute atomic E-state index is 0.595. The van der Waals surface area contributed by atoms with Crippen molar-refractivity contribution in [3.8, 4) is 0 Å². The zero-order chi connectivity index (χ0) is 17.2. The second kappa shape index (κ2) is 6.84. The third-order valence-electron chi connectivity index (χ3n) is 4.38. The number of hydrogen-bond acceptors (Lipinski definition) is 3. The van der Waals surface area contributed by atoms with Crippen LogP contribution in [-0.4, -0.2) is 40.6 Å². The molecule has 0 radical (unpaired) electrons. The lowest BCUT2D eigenvalue weighted by Crippen LogP contribution is -2.46. The fraction of sp³-hybridized carbons (Fsp3) is 0.471. The molecule has 1 aromatic carbocycles. The Morgan fingerprint density at radius 1 is 1.04 bits per heavy atom. The lowest BCUT2D eigenvalue weighted by atomic mass is 10.1. The smallest absolute Gasteiger partial charge is 0.340 e. The molecule has 0 N–H and O–H groups in total. The molecule has 24 heavy (non-hydrogen) atoms. The van der Waals surface area contributed by atoms with Crippen LogP contribution in [-0.2, 0) is 19.3 Å². The predicted octanol–water partition coefficient (Wildman–Crippen LogP) is 3.24. The van der Waals surface area contributed by atoms with Crippen molar-refractivity contribution in [1.82, 2.24) is 14.5 Å². The molecule has 1 saturated heterocycles. The summed E-state index contributed by atoms with van der Waals surface area (Å²) in [5.74, 6) is 0.992. The molecule has 0 aliphatic carbocycles. The highest BCUT2D eigenvalue weighted by Gasteiger charge is 2.30. The highest BCUT2D eigenvalue weighted by Crippen LogP contribution is 2.29. The van der Waals surface area contributed by atoms with Gasteiger partial charge >= 0.3 is 6.18 Å². The van der Waals surface area contributed by atoms with Crippen LogP contribution in [0.25, 0.3) is 0 Å². The average molecular weight is 338 g/mol. The molecular formula is C17H21F3N4. The van der Waals surface area contributed by atoms with Gasteiger partial charge in [-0.2, -0.15) is 13.2 Å². The minimum Gasteiger partial charge on any atom is -0.340 e. The van der Waals surface area contributed by atoms with Crippen molar-refractivity contribution in [2.75, 3.05) is 31.1 Å². The fourth-order valence-electron chi connectivity index (χ4n) is 2.99. The van der Waals surface area contributed by atoms with Crippen LogP contribution in [0.5, 0.6) is 0 Å². The van der Waals surface area contributed by atoms with Crippen LogP contribution >= 0.6 is 0 Å². The first kappa shape index (κ1) is 16.8. The van der Waals surface area contributed by atoms with Gasteiger partial charge in [0.25, 0.3) is 0 Å². The van der Waals surface area contributed by atoms with Gasteiger partial charge in [0.1, 0.15) is 0 Å². The minimum atomic E-state index is -4.27. The molecular weight excluding hydrogens is 317 g/mol. The molecule has 0 unspecified atom stereocenters. The van der Waals surface area contributed by atoms with E-state index in [1.54, 1.807) is 12.1 Å². The molecule has 0 atom stereocenters. The summed E-state index contributed by atoms with van der Waals surface area (Å²) < 4.78 is 39.9. The second-order valence-electron chi connectivity index (χ2n) is 5.97. The van der Waals surface area contributed by atoms with Crippen molar-refractivity contribution in [2.45, 2.75) is 26.2 Å². The van der Waals surface area contributed by atoms with E-state index >= 15 is 0 Å². The third kappa shape index (κ3) is 3.72. The summed E-state index contributed by atoms with van der Waals surface area (Å²) in [6, 6.07) is 5.45. The van der Waals surface area contributed by atoms with Crippen LogP contribution in [0.3, 0.4) is 0 Å². The van der Waals surface area contributed by atoms with Gasteiger partial charge in [0.2, 0.25) is 5.95 Å². The Hall–Kier alpha value is -2.02. The number of halogens is 3. The van der Waals surface area contributed by atoms with E-state index in [1.165, 1.54) is 0 Å². The first-order valence-electron chi connectivity index (χ1n) is 8.12. The maximum absolute atomic E-state index is 12.6. The summed E-state index contributed by atoms with van der Waals surface area (Å²) in [6.07, 6.45) is -0.483. The van der Waals surface area contributed by atoms with E-state index in [1.807, 2.05) is 12.4 Å². The number of rotatable bonds is 4. The molecule has 1 aliphatic rings. The van der Waals surface area contributed by atoms with E-state index in [-0.39, 0.29) is 0 Å². The van der Waals surface area contributed by atoms with E-state index in [0.29, 0.717) is 6.54 Å². The standard InChI is InChI=1S/C17H21F3N4/c1-2-23-8-7-21-16(23)24-11-9-22(10-12-24)13-14-3-5-15(6-4-14)17(18,19)20/h3-8H,2,9-13H2,1H3. The van der Waals surface area contributed by atoms with Gasteiger partial charge in [0.15, 0.2) is 0 Å². The number of anilines is 1. The molecule has 0 bridgehead atoms. The molecule has 1 fully saturated rings. The van der Waals surface area contributed by atoms with Crippen molar-refractivity contribution in [3.05, 3.63) is 47.8 Å². The summed E-state index contributed by atoms with van der Waals surface area (Å²) in [5, 5.41) is 0. The highest BCUT2D eigenvalue weighted by molar-refractivity contribution is 5.32. The maximum Gasteiger partial charge on any atom is 0.416 e. The van der Waals surface area contributed by atoms with Crippen molar-refractivity contribution >= 4 is 5.95 Å². The Kier molecular flexibility index (Phi) is 4.80. The van der Waals surface area contributed by atoms with Gasteiger partial charge in [-0.1, -0.05) is 12.1 Å². The number of benzene rings is 1. The van der Waals surface area contributed by atoms with E-state index < -0.39 is 11.7 Å². The van der Waals surface area contributed by atoms with Crippen molar-refractivity contribution in [3.63, 3.8) is 0 Å². The number of aromatic nitrogens is 2. The SMILES string of the molecule is CCn1ccnc1N1CCN(Cc2ccc(C(F)(F)F)cc2)CC1. The summed E-state index contributed by atoms with van der Waals surface area (Å²) in [4.78, 5) is 8.94. The average Bonchev–Trinajstić information content (AvgIpc) is 3.04. The molecule has 130 valence electrons. The van der Waals surface area contributed by atoms with Gasteiger partial charge in [-0.05, 0) is 24.6 Å². The molecule has 1 aromatic heterocycles. The first-order valence-corrected chi connectivity index (χ1v) is 8.12. The Balaban J connectivity index is 1.56. The number of imidazole rings is 1. The Morgan fingerprint density at radius 2 is 1.71 bits per heavy atom.